The van der Waals surface area contributed by atoms with Crippen LogP contribution in [0.4, 0.5) is 13.2 Å². The number of alkyl halides is 3. The predicted molar refractivity (Wildman–Crippen MR) is 50.8 cm³/mol. The van der Waals surface area contributed by atoms with Gasteiger partial charge in [-0.2, -0.15) is 13.2 Å². The van der Waals surface area contributed by atoms with Crippen LogP contribution in [0.2, 0.25) is 0 Å². The summed E-state index contributed by atoms with van der Waals surface area (Å²) in [6.45, 7) is 4.80. The number of nitrogens with one attached hydrogen (secondary N) is 1. The van der Waals surface area contributed by atoms with E-state index in [1.807, 2.05) is 5.32 Å². The summed E-state index contributed by atoms with van der Waals surface area (Å²) in [5, 5.41) is 1.87. The van der Waals surface area contributed by atoms with Crippen LogP contribution >= 0.6 is 0 Å². The number of furan rings is 1. The number of aryl methyl sites for hydroxylation is 2. The highest BCUT2D eigenvalue weighted by Crippen LogP contribution is 2.23. The zero-order valence-corrected chi connectivity index (χ0v) is 9.11. The van der Waals surface area contributed by atoms with E-state index in [-0.39, 0.29) is 0 Å². The molecule has 6 heteroatoms. The number of hydrogen-bond acceptors (Lipinski definition) is 2. The maximum Gasteiger partial charge on any atom is 0.471 e. The third kappa shape index (κ3) is 2.77. The molecular weight excluding hydrogens is 223 g/mol. The van der Waals surface area contributed by atoms with Gasteiger partial charge in [0.15, 0.2) is 0 Å². The lowest BCUT2D eigenvalue weighted by molar-refractivity contribution is -0.174. The molecule has 0 spiro atoms. The summed E-state index contributed by atoms with van der Waals surface area (Å²) in [5.41, 5.74) is 0.551. The Morgan fingerprint density at radius 3 is 2.38 bits per heavy atom. The van der Waals surface area contributed by atoms with Gasteiger partial charge in [-0.15, -0.1) is 0 Å². The van der Waals surface area contributed by atoms with Crippen LogP contribution < -0.4 is 5.32 Å². The lowest BCUT2D eigenvalue weighted by atomic mass is 10.1. The van der Waals surface area contributed by atoms with Crippen molar-refractivity contribution in [2.24, 2.45) is 0 Å². The lowest BCUT2D eigenvalue weighted by Gasteiger charge is -2.14. The second kappa shape index (κ2) is 4.19. The highest BCUT2D eigenvalue weighted by molar-refractivity contribution is 5.82. The average molecular weight is 235 g/mol. The van der Waals surface area contributed by atoms with Crippen molar-refractivity contribution in [1.29, 1.82) is 0 Å². The quantitative estimate of drug-likeness (QED) is 0.856. The predicted octanol–water partition coefficient (Wildman–Crippen LogP) is 2.64. The fourth-order valence-corrected chi connectivity index (χ4v) is 1.44. The minimum Gasteiger partial charge on any atom is -0.466 e. The molecule has 1 unspecified atom stereocenters. The van der Waals surface area contributed by atoms with Gasteiger partial charge in [0, 0.05) is 5.56 Å². The zero-order valence-electron chi connectivity index (χ0n) is 9.11. The number of rotatable bonds is 2. The van der Waals surface area contributed by atoms with Gasteiger partial charge in [0.25, 0.3) is 0 Å². The van der Waals surface area contributed by atoms with Gasteiger partial charge in [0.1, 0.15) is 11.5 Å². The van der Waals surface area contributed by atoms with Crippen LogP contribution in [0.15, 0.2) is 10.5 Å². The summed E-state index contributed by atoms with van der Waals surface area (Å²) < 4.78 is 41.2. The lowest BCUT2D eigenvalue weighted by Crippen LogP contribution is -2.38. The molecule has 0 aliphatic rings. The molecule has 0 bridgehead atoms. The molecule has 1 aromatic heterocycles. The summed E-state index contributed by atoms with van der Waals surface area (Å²) in [6, 6.07) is 0.878. The molecule has 0 aliphatic carbocycles. The molecule has 0 radical (unpaired) electrons. The largest absolute Gasteiger partial charge is 0.471 e. The monoisotopic (exact) mass is 235 g/mol. The Morgan fingerprint density at radius 2 is 2.00 bits per heavy atom. The Labute approximate surface area is 90.6 Å². The smallest absolute Gasteiger partial charge is 0.466 e. The van der Waals surface area contributed by atoms with Crippen LogP contribution in [0.3, 0.4) is 0 Å². The highest BCUT2D eigenvalue weighted by atomic mass is 19.4. The Hall–Kier alpha value is -1.46. The molecule has 0 saturated heterocycles. The van der Waals surface area contributed by atoms with Crippen LogP contribution in [0, 0.1) is 13.8 Å². The summed E-state index contributed by atoms with van der Waals surface area (Å²) in [6.07, 6.45) is -4.86. The van der Waals surface area contributed by atoms with E-state index in [4.69, 9.17) is 4.42 Å². The molecule has 1 N–H and O–H groups in total. The molecule has 0 saturated carbocycles. The Balaban J connectivity index is 2.77. The molecule has 1 atom stereocenters. The van der Waals surface area contributed by atoms with E-state index in [9.17, 15) is 18.0 Å². The van der Waals surface area contributed by atoms with E-state index in [0.29, 0.717) is 17.1 Å². The van der Waals surface area contributed by atoms with E-state index < -0.39 is 18.1 Å². The van der Waals surface area contributed by atoms with Crippen molar-refractivity contribution in [3.8, 4) is 0 Å². The molecule has 0 aromatic carbocycles. The molecule has 1 heterocycles. The Kier molecular flexibility index (Phi) is 3.30. The van der Waals surface area contributed by atoms with Crippen LogP contribution in [-0.4, -0.2) is 12.1 Å². The fourth-order valence-electron chi connectivity index (χ4n) is 1.44. The van der Waals surface area contributed by atoms with Crippen LogP contribution in [0.5, 0.6) is 0 Å². The molecule has 1 aromatic rings. The third-order valence-electron chi connectivity index (χ3n) is 2.15. The van der Waals surface area contributed by atoms with Crippen LogP contribution in [0.25, 0.3) is 0 Å². The molecule has 1 rings (SSSR count). The Morgan fingerprint density at radius 1 is 1.44 bits per heavy atom. The SMILES string of the molecule is Cc1cc(C(C)NC(=O)C(F)(F)F)c(C)o1. The normalized spacial score (nSPS) is 13.6. The standard InChI is InChI=1S/C10H12F3NO2/c1-5-4-8(7(3)16-5)6(2)14-9(15)10(11,12)13/h4,6H,1-3H3,(H,14,15). The van der Waals surface area contributed by atoms with Gasteiger partial charge in [-0.3, -0.25) is 4.79 Å². The minimum atomic E-state index is -4.86. The first-order chi connectivity index (χ1) is 7.21. The zero-order chi connectivity index (χ0) is 12.5. The van der Waals surface area contributed by atoms with Crippen molar-refractivity contribution in [3.05, 3.63) is 23.2 Å². The maximum absolute atomic E-state index is 12.0. The third-order valence-corrected chi connectivity index (χ3v) is 2.15. The molecular formula is C10H12F3NO2. The molecule has 0 aliphatic heterocycles. The summed E-state index contributed by atoms with van der Waals surface area (Å²) >= 11 is 0. The van der Waals surface area contributed by atoms with Crippen molar-refractivity contribution in [1.82, 2.24) is 5.32 Å². The van der Waals surface area contributed by atoms with Crippen molar-refractivity contribution in [2.45, 2.75) is 33.0 Å². The summed E-state index contributed by atoms with van der Waals surface area (Å²) in [7, 11) is 0. The first-order valence-electron chi connectivity index (χ1n) is 4.66. The summed E-state index contributed by atoms with van der Waals surface area (Å²) in [4.78, 5) is 10.7. The molecule has 16 heavy (non-hydrogen) atoms. The van der Waals surface area contributed by atoms with E-state index in [2.05, 4.69) is 0 Å². The van der Waals surface area contributed by atoms with Gasteiger partial charge in [-0.25, -0.2) is 0 Å². The number of halogens is 3. The average Bonchev–Trinajstić information content (AvgIpc) is 2.43. The van der Waals surface area contributed by atoms with Gasteiger partial charge in [0.2, 0.25) is 0 Å². The van der Waals surface area contributed by atoms with Gasteiger partial charge < -0.3 is 9.73 Å². The highest BCUT2D eigenvalue weighted by Gasteiger charge is 2.39. The number of amides is 1. The maximum atomic E-state index is 12.0. The minimum absolute atomic E-state index is 0.507. The van der Waals surface area contributed by atoms with E-state index in [1.165, 1.54) is 6.92 Å². The fraction of sp³-hybridized carbons (Fsp3) is 0.500. The van der Waals surface area contributed by atoms with Crippen molar-refractivity contribution < 1.29 is 22.4 Å². The van der Waals surface area contributed by atoms with Crippen LogP contribution in [-0.2, 0) is 4.79 Å². The van der Waals surface area contributed by atoms with Crippen molar-refractivity contribution in [3.63, 3.8) is 0 Å². The van der Waals surface area contributed by atoms with Crippen molar-refractivity contribution >= 4 is 5.91 Å². The first-order valence-corrected chi connectivity index (χ1v) is 4.66. The molecule has 0 fully saturated rings. The first kappa shape index (κ1) is 12.6. The van der Waals surface area contributed by atoms with Gasteiger partial charge in [-0.1, -0.05) is 0 Å². The number of carbonyl (C=O) groups is 1. The van der Waals surface area contributed by atoms with E-state index in [1.54, 1.807) is 19.9 Å². The molecule has 3 nitrogen and oxygen atoms in total. The molecule has 1 amide bonds. The van der Waals surface area contributed by atoms with E-state index >= 15 is 0 Å². The van der Waals surface area contributed by atoms with Crippen LogP contribution in [0.1, 0.15) is 30.0 Å². The van der Waals surface area contributed by atoms with Gasteiger partial charge in [0.05, 0.1) is 6.04 Å². The van der Waals surface area contributed by atoms with Crippen molar-refractivity contribution in [2.75, 3.05) is 0 Å². The van der Waals surface area contributed by atoms with Gasteiger partial charge in [-0.05, 0) is 26.8 Å². The Bertz CT molecular complexity index is 395. The number of hydrogen-bond donors (Lipinski definition) is 1. The second-order valence-electron chi connectivity index (χ2n) is 3.56. The topological polar surface area (TPSA) is 42.2 Å². The van der Waals surface area contributed by atoms with Gasteiger partial charge >= 0.3 is 12.1 Å². The summed E-state index contributed by atoms with van der Waals surface area (Å²) in [5.74, 6) is -0.841. The molecule has 90 valence electrons. The van der Waals surface area contributed by atoms with E-state index in [0.717, 1.165) is 0 Å². The second-order valence-corrected chi connectivity index (χ2v) is 3.56. The number of carbonyl (C=O) groups excluding carboxylic acids is 1.